The second-order valence-electron chi connectivity index (χ2n) is 8.77. The Morgan fingerprint density at radius 3 is 2.62 bits per heavy atom. The Hall–Kier alpha value is -0.983. The topological polar surface area (TPSA) is 52.8 Å². The van der Waals surface area contributed by atoms with Crippen molar-refractivity contribution in [3.8, 4) is 0 Å². The SMILES string of the molecule is CC(C)(C)[Si](C)(C)O[C@@H]1C[C@@H](n2cnc3c(Cl)ncnc32)[C@H]2C[C@H]21. The molecule has 0 amide bonds. The first-order valence-electron chi connectivity index (χ1n) is 8.70. The molecule has 2 heterocycles. The lowest BCUT2D eigenvalue weighted by Gasteiger charge is -2.39. The summed E-state index contributed by atoms with van der Waals surface area (Å²) in [7, 11) is -1.73. The van der Waals surface area contributed by atoms with Crippen LogP contribution in [0.5, 0.6) is 0 Å². The molecule has 0 aromatic carbocycles. The van der Waals surface area contributed by atoms with E-state index in [9.17, 15) is 0 Å². The quantitative estimate of drug-likeness (QED) is 0.596. The third kappa shape index (κ3) is 2.50. The van der Waals surface area contributed by atoms with Crippen LogP contribution in [0.3, 0.4) is 0 Å². The number of fused-ring (bicyclic) bond motifs is 2. The highest BCUT2D eigenvalue weighted by molar-refractivity contribution is 6.74. The van der Waals surface area contributed by atoms with Gasteiger partial charge in [-0.15, -0.1) is 0 Å². The average molecular weight is 365 g/mol. The van der Waals surface area contributed by atoms with Gasteiger partial charge in [0.25, 0.3) is 0 Å². The Balaban J connectivity index is 1.58. The largest absolute Gasteiger partial charge is 0.414 e. The van der Waals surface area contributed by atoms with Gasteiger partial charge in [-0.25, -0.2) is 15.0 Å². The van der Waals surface area contributed by atoms with Crippen LogP contribution >= 0.6 is 11.6 Å². The minimum atomic E-state index is -1.73. The van der Waals surface area contributed by atoms with E-state index in [2.05, 4.69) is 53.4 Å². The smallest absolute Gasteiger partial charge is 0.192 e. The predicted molar refractivity (Wildman–Crippen MR) is 97.7 cm³/mol. The van der Waals surface area contributed by atoms with E-state index >= 15 is 0 Å². The molecule has 2 saturated carbocycles. The summed E-state index contributed by atoms with van der Waals surface area (Å²) in [6.45, 7) is 11.6. The van der Waals surface area contributed by atoms with Gasteiger partial charge < -0.3 is 8.99 Å². The maximum Gasteiger partial charge on any atom is 0.192 e. The summed E-state index contributed by atoms with van der Waals surface area (Å²) < 4.78 is 8.92. The van der Waals surface area contributed by atoms with Crippen molar-refractivity contribution in [2.75, 3.05) is 0 Å². The van der Waals surface area contributed by atoms with Crippen molar-refractivity contribution >= 4 is 31.1 Å². The van der Waals surface area contributed by atoms with E-state index in [1.807, 2.05) is 6.33 Å². The van der Waals surface area contributed by atoms with E-state index in [4.69, 9.17) is 16.0 Å². The summed E-state index contributed by atoms with van der Waals surface area (Å²) in [6, 6.07) is 0.417. The van der Waals surface area contributed by atoms with Crippen LogP contribution in [0.4, 0.5) is 0 Å². The van der Waals surface area contributed by atoms with Crippen molar-refractivity contribution in [3.05, 3.63) is 17.8 Å². The molecule has 2 aromatic heterocycles. The third-order valence-corrected chi connectivity index (χ3v) is 11.0. The summed E-state index contributed by atoms with van der Waals surface area (Å²) in [5.74, 6) is 1.38. The molecule has 7 heteroatoms. The maximum absolute atomic E-state index is 6.73. The Morgan fingerprint density at radius 2 is 1.92 bits per heavy atom. The van der Waals surface area contributed by atoms with Crippen molar-refractivity contribution in [1.29, 1.82) is 0 Å². The van der Waals surface area contributed by atoms with Gasteiger partial charge in [-0.2, -0.15) is 0 Å². The van der Waals surface area contributed by atoms with E-state index in [1.54, 1.807) is 0 Å². The lowest BCUT2D eigenvalue weighted by atomic mass is 10.1. The van der Waals surface area contributed by atoms with Crippen LogP contribution in [-0.4, -0.2) is 33.9 Å². The lowest BCUT2D eigenvalue weighted by Crippen LogP contribution is -2.44. The number of aromatic nitrogens is 4. The number of halogens is 1. The number of nitrogens with zero attached hydrogens (tertiary/aromatic N) is 4. The fourth-order valence-electron chi connectivity index (χ4n) is 3.77. The van der Waals surface area contributed by atoms with Crippen molar-refractivity contribution in [2.45, 2.75) is 63.9 Å². The summed E-state index contributed by atoms with van der Waals surface area (Å²) in [5.41, 5.74) is 1.55. The average Bonchev–Trinajstić information content (AvgIpc) is 3.02. The normalized spacial score (nSPS) is 29.9. The fraction of sp³-hybridized carbons (Fsp3) is 0.706. The molecule has 4 atom stereocenters. The first-order chi connectivity index (χ1) is 11.2. The Kier molecular flexibility index (Phi) is 3.61. The second kappa shape index (κ2) is 5.26. The highest BCUT2D eigenvalue weighted by Gasteiger charge is 2.57. The van der Waals surface area contributed by atoms with Crippen LogP contribution in [0.15, 0.2) is 12.7 Å². The molecular formula is C17H25ClN4OSi. The van der Waals surface area contributed by atoms with Gasteiger partial charge in [-0.1, -0.05) is 32.4 Å². The highest BCUT2D eigenvalue weighted by atomic mass is 35.5. The first-order valence-corrected chi connectivity index (χ1v) is 12.0. The molecule has 0 spiro atoms. The van der Waals surface area contributed by atoms with Gasteiger partial charge in [0.1, 0.15) is 11.8 Å². The van der Waals surface area contributed by atoms with Crippen molar-refractivity contribution in [2.24, 2.45) is 11.8 Å². The van der Waals surface area contributed by atoms with Gasteiger partial charge in [0, 0.05) is 6.04 Å². The Labute approximate surface area is 148 Å². The van der Waals surface area contributed by atoms with E-state index in [0.717, 1.165) is 12.1 Å². The van der Waals surface area contributed by atoms with Gasteiger partial charge in [0.2, 0.25) is 0 Å². The maximum atomic E-state index is 6.73. The molecule has 0 bridgehead atoms. The molecule has 0 radical (unpaired) electrons. The van der Waals surface area contributed by atoms with Crippen LogP contribution < -0.4 is 0 Å². The fourth-order valence-corrected chi connectivity index (χ4v) is 5.33. The first kappa shape index (κ1) is 16.5. The summed E-state index contributed by atoms with van der Waals surface area (Å²) in [5, 5.41) is 0.677. The van der Waals surface area contributed by atoms with Gasteiger partial charge in [0.05, 0.1) is 12.4 Å². The summed E-state index contributed by atoms with van der Waals surface area (Å²) in [6.07, 6.45) is 6.07. The van der Waals surface area contributed by atoms with E-state index in [1.165, 1.54) is 12.7 Å². The van der Waals surface area contributed by atoms with Gasteiger partial charge in [-0.3, -0.25) is 0 Å². The molecule has 130 valence electrons. The lowest BCUT2D eigenvalue weighted by molar-refractivity contribution is 0.159. The standard InChI is InChI=1S/C17H25ClN4OSi/c1-17(2,3)24(4,5)23-13-7-12(10-6-11(10)13)22-9-21-14-15(18)19-8-20-16(14)22/h8-13H,6-7H2,1-5H3/t10-,11+,12+,13+/m0/s1. The predicted octanol–water partition coefficient (Wildman–Crippen LogP) is 4.45. The van der Waals surface area contributed by atoms with Crippen molar-refractivity contribution in [1.82, 2.24) is 19.5 Å². The molecule has 2 aliphatic carbocycles. The van der Waals surface area contributed by atoms with E-state index in [-0.39, 0.29) is 5.04 Å². The van der Waals surface area contributed by atoms with Crippen molar-refractivity contribution < 1.29 is 4.43 Å². The minimum Gasteiger partial charge on any atom is -0.414 e. The number of hydrogen-bond acceptors (Lipinski definition) is 4. The third-order valence-electron chi connectivity index (χ3n) is 6.26. The van der Waals surface area contributed by atoms with Crippen LogP contribution in [0.2, 0.25) is 23.3 Å². The number of imidazole rings is 1. The second-order valence-corrected chi connectivity index (χ2v) is 13.9. The Bertz CT molecular complexity index is 784. The van der Waals surface area contributed by atoms with Gasteiger partial charge in [-0.05, 0) is 42.8 Å². The molecule has 5 nitrogen and oxygen atoms in total. The van der Waals surface area contributed by atoms with Gasteiger partial charge in [0.15, 0.2) is 19.1 Å². The molecule has 24 heavy (non-hydrogen) atoms. The van der Waals surface area contributed by atoms with Gasteiger partial charge >= 0.3 is 0 Å². The van der Waals surface area contributed by atoms with Crippen LogP contribution in [0, 0.1) is 11.8 Å². The highest BCUT2D eigenvalue weighted by Crippen LogP contribution is 2.60. The number of hydrogen-bond donors (Lipinski definition) is 0. The summed E-state index contributed by atoms with van der Waals surface area (Å²) in [4.78, 5) is 12.9. The zero-order chi connectivity index (χ0) is 17.3. The van der Waals surface area contributed by atoms with E-state index in [0.29, 0.717) is 34.7 Å². The number of rotatable bonds is 3. The molecular weight excluding hydrogens is 340 g/mol. The minimum absolute atomic E-state index is 0.248. The molecule has 2 aliphatic rings. The molecule has 4 rings (SSSR count). The molecule has 0 unspecified atom stereocenters. The van der Waals surface area contributed by atoms with Crippen molar-refractivity contribution in [3.63, 3.8) is 0 Å². The molecule has 2 fully saturated rings. The Morgan fingerprint density at radius 1 is 1.17 bits per heavy atom. The molecule has 2 aromatic rings. The zero-order valence-electron chi connectivity index (χ0n) is 15.0. The van der Waals surface area contributed by atoms with Crippen LogP contribution in [-0.2, 0) is 4.43 Å². The zero-order valence-corrected chi connectivity index (χ0v) is 16.7. The van der Waals surface area contributed by atoms with Crippen LogP contribution in [0.25, 0.3) is 11.2 Å². The monoisotopic (exact) mass is 364 g/mol. The molecule has 0 saturated heterocycles. The van der Waals surface area contributed by atoms with Crippen LogP contribution in [0.1, 0.15) is 39.7 Å². The molecule has 0 aliphatic heterocycles. The molecule has 0 N–H and O–H groups in total. The van der Waals surface area contributed by atoms with E-state index < -0.39 is 8.32 Å². The summed E-state index contributed by atoms with van der Waals surface area (Å²) >= 11 is 6.14.